The largest absolute Gasteiger partial charge is 0.508 e. The van der Waals surface area contributed by atoms with Gasteiger partial charge in [-0.15, -0.1) is 0 Å². The van der Waals surface area contributed by atoms with Crippen molar-refractivity contribution >= 4 is 17.8 Å². The van der Waals surface area contributed by atoms with Crippen LogP contribution in [-0.4, -0.2) is 47.7 Å². The molecule has 0 aliphatic carbocycles. The van der Waals surface area contributed by atoms with Crippen LogP contribution >= 0.6 is 0 Å². The van der Waals surface area contributed by atoms with Crippen molar-refractivity contribution in [3.8, 4) is 5.75 Å². The zero-order valence-corrected chi connectivity index (χ0v) is 13.6. The minimum absolute atomic E-state index is 0.0476. The van der Waals surface area contributed by atoms with Crippen LogP contribution in [0.25, 0.3) is 0 Å². The number of phenolic OH excluding ortho intramolecular Hbond substituents is 1. The maximum atomic E-state index is 11.4. The van der Waals surface area contributed by atoms with Crippen LogP contribution in [0.3, 0.4) is 0 Å². The number of carbonyl (C=O) groups is 3. The molecule has 0 aromatic heterocycles. The zero-order valence-electron chi connectivity index (χ0n) is 13.6. The molecule has 0 saturated heterocycles. The van der Waals surface area contributed by atoms with Gasteiger partial charge >= 0.3 is 11.9 Å². The number of phenols is 1. The molecule has 1 aromatic carbocycles. The molecule has 1 amide bonds. The van der Waals surface area contributed by atoms with E-state index in [0.717, 1.165) is 0 Å². The molecule has 1 atom stereocenters. The first kappa shape index (κ1) is 19.4. The first-order chi connectivity index (χ1) is 11.3. The Morgan fingerprint density at radius 2 is 1.75 bits per heavy atom. The normalized spacial score (nSPS) is 11.8. The van der Waals surface area contributed by atoms with Gasteiger partial charge in [-0.05, 0) is 17.7 Å². The number of carbonyl (C=O) groups excluding carboxylic acids is 2. The van der Waals surface area contributed by atoms with Gasteiger partial charge in [0, 0.05) is 25.6 Å². The summed E-state index contributed by atoms with van der Waals surface area (Å²) in [6.45, 7) is 4.56. The molecule has 0 heterocycles. The monoisotopic (exact) mass is 338 g/mol. The molecule has 24 heavy (non-hydrogen) atoms. The van der Waals surface area contributed by atoms with Crippen LogP contribution in [0.4, 0.5) is 0 Å². The Morgan fingerprint density at radius 1 is 1.12 bits per heavy atom. The van der Waals surface area contributed by atoms with Gasteiger partial charge in [-0.3, -0.25) is 4.79 Å². The fourth-order valence-corrected chi connectivity index (χ4v) is 1.81. The zero-order chi connectivity index (χ0) is 18.1. The topological polar surface area (TPSA) is 125 Å². The predicted octanol–water partition coefficient (Wildman–Crippen LogP) is 0.423. The first-order valence-electron chi connectivity index (χ1n) is 7.52. The SMILES string of the molecule is CC(C)C(=O)NCCNCC(OC(=O)C(=O)O)c1ccc(O)cc1. The van der Waals surface area contributed by atoms with Gasteiger partial charge in [-0.2, -0.15) is 0 Å². The Labute approximate surface area is 139 Å². The highest BCUT2D eigenvalue weighted by atomic mass is 16.6. The smallest absolute Gasteiger partial charge is 0.417 e. The third kappa shape index (κ3) is 6.66. The van der Waals surface area contributed by atoms with Crippen LogP contribution in [0.15, 0.2) is 24.3 Å². The standard InChI is InChI=1S/C16H22N2O6/c1-10(2)14(20)18-8-7-17-9-13(24-16(23)15(21)22)11-3-5-12(19)6-4-11/h3-6,10,13,17,19H,7-9H2,1-2H3,(H,18,20)(H,21,22). The third-order valence-corrected chi connectivity index (χ3v) is 3.14. The van der Waals surface area contributed by atoms with Crippen LogP contribution in [0.2, 0.25) is 0 Å². The lowest BCUT2D eigenvalue weighted by Crippen LogP contribution is -2.36. The van der Waals surface area contributed by atoms with Crippen LogP contribution in [0.1, 0.15) is 25.5 Å². The Bertz CT molecular complexity index is 570. The van der Waals surface area contributed by atoms with Gasteiger partial charge in [0.25, 0.3) is 0 Å². The summed E-state index contributed by atoms with van der Waals surface area (Å²) in [5.74, 6) is -3.16. The number of carboxylic acid groups (broad SMARTS) is 1. The average molecular weight is 338 g/mol. The molecule has 8 heteroatoms. The molecule has 0 spiro atoms. The van der Waals surface area contributed by atoms with Crippen molar-refractivity contribution in [3.05, 3.63) is 29.8 Å². The van der Waals surface area contributed by atoms with E-state index in [-0.39, 0.29) is 24.1 Å². The van der Waals surface area contributed by atoms with Crippen LogP contribution < -0.4 is 10.6 Å². The van der Waals surface area contributed by atoms with Crippen molar-refractivity contribution in [2.24, 2.45) is 5.92 Å². The summed E-state index contributed by atoms with van der Waals surface area (Å²) in [7, 11) is 0. The molecule has 4 N–H and O–H groups in total. The maximum absolute atomic E-state index is 11.4. The highest BCUT2D eigenvalue weighted by molar-refractivity contribution is 6.28. The number of hydrogen-bond acceptors (Lipinski definition) is 6. The summed E-state index contributed by atoms with van der Waals surface area (Å²) < 4.78 is 4.93. The molecule has 1 unspecified atom stereocenters. The highest BCUT2D eigenvalue weighted by Crippen LogP contribution is 2.19. The lowest BCUT2D eigenvalue weighted by molar-refractivity contribution is -0.167. The number of rotatable bonds is 8. The van der Waals surface area contributed by atoms with E-state index in [1.807, 2.05) is 0 Å². The van der Waals surface area contributed by atoms with E-state index in [1.54, 1.807) is 13.8 Å². The van der Waals surface area contributed by atoms with E-state index in [0.29, 0.717) is 18.7 Å². The van der Waals surface area contributed by atoms with Gasteiger partial charge in [-0.25, -0.2) is 9.59 Å². The minimum atomic E-state index is -1.68. The quantitative estimate of drug-likeness (QED) is 0.307. The fraction of sp³-hybridized carbons (Fsp3) is 0.438. The third-order valence-electron chi connectivity index (χ3n) is 3.14. The van der Waals surface area contributed by atoms with Crippen molar-refractivity contribution in [2.75, 3.05) is 19.6 Å². The second-order valence-electron chi connectivity index (χ2n) is 5.44. The number of nitrogens with one attached hydrogen (secondary N) is 2. The fourth-order valence-electron chi connectivity index (χ4n) is 1.81. The summed E-state index contributed by atoms with van der Waals surface area (Å²) in [6, 6.07) is 5.91. The minimum Gasteiger partial charge on any atom is -0.508 e. The molecule has 0 aliphatic heterocycles. The number of ether oxygens (including phenoxy) is 1. The Hall–Kier alpha value is -2.61. The first-order valence-corrected chi connectivity index (χ1v) is 7.52. The number of benzene rings is 1. The Morgan fingerprint density at radius 3 is 2.29 bits per heavy atom. The molecule has 0 fully saturated rings. The summed E-state index contributed by atoms with van der Waals surface area (Å²) in [6.07, 6.45) is -0.824. The van der Waals surface area contributed by atoms with Gasteiger partial charge in [0.15, 0.2) is 0 Å². The Balaban J connectivity index is 2.56. The van der Waals surface area contributed by atoms with Crippen molar-refractivity contribution in [3.63, 3.8) is 0 Å². The van der Waals surface area contributed by atoms with Crippen molar-refractivity contribution < 1.29 is 29.3 Å². The molecular formula is C16H22N2O6. The summed E-state index contributed by atoms with van der Waals surface area (Å²) in [4.78, 5) is 33.4. The van der Waals surface area contributed by atoms with E-state index in [1.165, 1.54) is 24.3 Å². The molecule has 1 rings (SSSR count). The lowest BCUT2D eigenvalue weighted by atomic mass is 10.1. The number of esters is 1. The van der Waals surface area contributed by atoms with E-state index in [9.17, 15) is 19.5 Å². The van der Waals surface area contributed by atoms with Crippen LogP contribution in [0, 0.1) is 5.92 Å². The summed E-state index contributed by atoms with van der Waals surface area (Å²) in [5.41, 5.74) is 0.543. The molecule has 1 aromatic rings. The van der Waals surface area contributed by atoms with Gasteiger partial charge < -0.3 is 25.6 Å². The lowest BCUT2D eigenvalue weighted by Gasteiger charge is -2.18. The van der Waals surface area contributed by atoms with E-state index in [2.05, 4.69) is 10.6 Å². The van der Waals surface area contributed by atoms with Crippen molar-refractivity contribution in [2.45, 2.75) is 20.0 Å². The molecule has 0 aliphatic rings. The number of amides is 1. The number of carboxylic acids is 1. The van der Waals surface area contributed by atoms with Crippen molar-refractivity contribution in [1.29, 1.82) is 0 Å². The average Bonchev–Trinajstić information content (AvgIpc) is 2.53. The van der Waals surface area contributed by atoms with Gasteiger partial charge in [0.1, 0.15) is 11.9 Å². The molecule has 0 bridgehead atoms. The number of aliphatic carboxylic acids is 1. The second kappa shape index (κ2) is 9.51. The molecule has 0 radical (unpaired) electrons. The summed E-state index contributed by atoms with van der Waals surface area (Å²) >= 11 is 0. The van der Waals surface area contributed by atoms with E-state index in [4.69, 9.17) is 9.84 Å². The van der Waals surface area contributed by atoms with Crippen molar-refractivity contribution in [1.82, 2.24) is 10.6 Å². The van der Waals surface area contributed by atoms with Crippen LogP contribution in [0.5, 0.6) is 5.75 Å². The molecule has 132 valence electrons. The number of hydrogen-bond donors (Lipinski definition) is 4. The summed E-state index contributed by atoms with van der Waals surface area (Å²) in [5, 5.41) is 23.7. The van der Waals surface area contributed by atoms with E-state index < -0.39 is 18.0 Å². The molecule has 8 nitrogen and oxygen atoms in total. The van der Waals surface area contributed by atoms with Crippen LogP contribution in [-0.2, 0) is 19.1 Å². The van der Waals surface area contributed by atoms with E-state index >= 15 is 0 Å². The highest BCUT2D eigenvalue weighted by Gasteiger charge is 2.21. The molecule has 0 saturated carbocycles. The van der Waals surface area contributed by atoms with Gasteiger partial charge in [-0.1, -0.05) is 26.0 Å². The molecular weight excluding hydrogens is 316 g/mol. The predicted molar refractivity (Wildman–Crippen MR) is 85.3 cm³/mol. The maximum Gasteiger partial charge on any atom is 0.417 e. The van der Waals surface area contributed by atoms with Gasteiger partial charge in [0.2, 0.25) is 5.91 Å². The number of aromatic hydroxyl groups is 1. The Kier molecular flexibility index (Phi) is 7.70. The van der Waals surface area contributed by atoms with Gasteiger partial charge in [0.05, 0.1) is 0 Å². The second-order valence-corrected chi connectivity index (χ2v) is 5.44.